The van der Waals surface area contributed by atoms with Crippen LogP contribution in [0.2, 0.25) is 0 Å². The first-order valence-electron chi connectivity index (χ1n) is 5.32. The normalized spacial score (nSPS) is 34.8. The van der Waals surface area contributed by atoms with E-state index in [9.17, 15) is 4.79 Å². The second-order valence-corrected chi connectivity index (χ2v) is 4.34. The molecule has 74 valence electrons. The van der Waals surface area contributed by atoms with Gasteiger partial charge in [0.05, 0.1) is 0 Å². The smallest absolute Gasteiger partial charge is 0.317 e. The maximum atomic E-state index is 11.4. The SMILES string of the molecule is CC1CCC(N2CCNC2=O)CC1. The molecule has 3 heteroatoms. The van der Waals surface area contributed by atoms with Gasteiger partial charge in [0.1, 0.15) is 0 Å². The second-order valence-electron chi connectivity index (χ2n) is 4.34. The fourth-order valence-electron chi connectivity index (χ4n) is 2.39. The maximum absolute atomic E-state index is 11.4. The van der Waals surface area contributed by atoms with Crippen LogP contribution >= 0.6 is 0 Å². The minimum atomic E-state index is 0.152. The molecule has 1 aliphatic heterocycles. The van der Waals surface area contributed by atoms with Crippen molar-refractivity contribution in [2.75, 3.05) is 13.1 Å². The zero-order chi connectivity index (χ0) is 9.26. The fourth-order valence-corrected chi connectivity index (χ4v) is 2.39. The van der Waals surface area contributed by atoms with Gasteiger partial charge in [-0.25, -0.2) is 4.79 Å². The van der Waals surface area contributed by atoms with Gasteiger partial charge in [0, 0.05) is 19.1 Å². The maximum Gasteiger partial charge on any atom is 0.317 e. The molecule has 13 heavy (non-hydrogen) atoms. The Morgan fingerprint density at radius 1 is 1.31 bits per heavy atom. The highest BCUT2D eigenvalue weighted by atomic mass is 16.2. The van der Waals surface area contributed by atoms with Gasteiger partial charge < -0.3 is 10.2 Å². The third kappa shape index (κ3) is 1.79. The first kappa shape index (κ1) is 8.85. The molecule has 0 unspecified atom stereocenters. The van der Waals surface area contributed by atoms with E-state index >= 15 is 0 Å². The van der Waals surface area contributed by atoms with Crippen molar-refractivity contribution in [3.63, 3.8) is 0 Å². The van der Waals surface area contributed by atoms with Gasteiger partial charge >= 0.3 is 6.03 Å². The van der Waals surface area contributed by atoms with E-state index in [0.717, 1.165) is 19.0 Å². The zero-order valence-corrected chi connectivity index (χ0v) is 8.25. The number of carbonyl (C=O) groups excluding carboxylic acids is 1. The van der Waals surface area contributed by atoms with Crippen LogP contribution in [0.1, 0.15) is 32.6 Å². The van der Waals surface area contributed by atoms with Gasteiger partial charge in [-0.1, -0.05) is 6.92 Å². The van der Waals surface area contributed by atoms with Crippen molar-refractivity contribution in [3.8, 4) is 0 Å². The summed E-state index contributed by atoms with van der Waals surface area (Å²) in [4.78, 5) is 13.4. The average Bonchev–Trinajstić information content (AvgIpc) is 2.53. The van der Waals surface area contributed by atoms with Gasteiger partial charge in [-0.15, -0.1) is 0 Å². The lowest BCUT2D eigenvalue weighted by Gasteiger charge is -2.32. The Hall–Kier alpha value is -0.730. The van der Waals surface area contributed by atoms with Crippen molar-refractivity contribution in [1.29, 1.82) is 0 Å². The summed E-state index contributed by atoms with van der Waals surface area (Å²) in [5.41, 5.74) is 0. The molecule has 1 aliphatic carbocycles. The first-order chi connectivity index (χ1) is 6.27. The van der Waals surface area contributed by atoms with Crippen LogP contribution in [-0.2, 0) is 0 Å². The predicted molar refractivity (Wildman–Crippen MR) is 51.5 cm³/mol. The highest BCUT2D eigenvalue weighted by molar-refractivity contribution is 5.76. The summed E-state index contributed by atoms with van der Waals surface area (Å²) >= 11 is 0. The van der Waals surface area contributed by atoms with E-state index in [1.807, 2.05) is 4.90 Å². The summed E-state index contributed by atoms with van der Waals surface area (Å²) in [6.07, 6.45) is 4.98. The zero-order valence-electron chi connectivity index (χ0n) is 8.25. The van der Waals surface area contributed by atoms with Gasteiger partial charge in [0.15, 0.2) is 0 Å². The van der Waals surface area contributed by atoms with Crippen molar-refractivity contribution >= 4 is 6.03 Å². The molecular formula is C10H18N2O. The van der Waals surface area contributed by atoms with E-state index in [4.69, 9.17) is 0 Å². The molecule has 2 amide bonds. The minimum Gasteiger partial charge on any atom is -0.336 e. The number of nitrogens with zero attached hydrogens (tertiary/aromatic N) is 1. The third-order valence-electron chi connectivity index (χ3n) is 3.32. The van der Waals surface area contributed by atoms with Crippen LogP contribution in [0, 0.1) is 5.92 Å². The highest BCUT2D eigenvalue weighted by Crippen LogP contribution is 2.27. The fraction of sp³-hybridized carbons (Fsp3) is 0.900. The monoisotopic (exact) mass is 182 g/mol. The molecule has 0 spiro atoms. The Balaban J connectivity index is 1.90. The van der Waals surface area contributed by atoms with Gasteiger partial charge in [0.25, 0.3) is 0 Å². The molecule has 1 saturated carbocycles. The molecule has 0 aromatic rings. The van der Waals surface area contributed by atoms with Crippen LogP contribution in [-0.4, -0.2) is 30.1 Å². The summed E-state index contributed by atoms with van der Waals surface area (Å²) < 4.78 is 0. The van der Waals surface area contributed by atoms with Crippen molar-refractivity contribution in [2.45, 2.75) is 38.6 Å². The molecule has 2 rings (SSSR count). The number of carbonyl (C=O) groups is 1. The lowest BCUT2D eigenvalue weighted by molar-refractivity contribution is 0.168. The lowest BCUT2D eigenvalue weighted by Crippen LogP contribution is -2.40. The van der Waals surface area contributed by atoms with E-state index in [-0.39, 0.29) is 6.03 Å². The van der Waals surface area contributed by atoms with Gasteiger partial charge in [0.2, 0.25) is 0 Å². The molecule has 3 nitrogen and oxygen atoms in total. The molecule has 1 saturated heterocycles. The van der Waals surface area contributed by atoms with Crippen molar-refractivity contribution in [1.82, 2.24) is 10.2 Å². The number of hydrogen-bond acceptors (Lipinski definition) is 1. The predicted octanol–water partition coefficient (Wildman–Crippen LogP) is 1.59. The average molecular weight is 182 g/mol. The van der Waals surface area contributed by atoms with Crippen LogP contribution in [0.4, 0.5) is 4.79 Å². The quantitative estimate of drug-likeness (QED) is 0.656. The molecular weight excluding hydrogens is 164 g/mol. The molecule has 0 aromatic heterocycles. The highest BCUT2D eigenvalue weighted by Gasteiger charge is 2.29. The van der Waals surface area contributed by atoms with E-state index < -0.39 is 0 Å². The number of nitrogens with one attached hydrogen (secondary N) is 1. The summed E-state index contributed by atoms with van der Waals surface area (Å²) in [5.74, 6) is 0.863. The first-order valence-corrected chi connectivity index (χ1v) is 5.32. The van der Waals surface area contributed by atoms with E-state index in [0.29, 0.717) is 6.04 Å². The Morgan fingerprint density at radius 3 is 2.54 bits per heavy atom. The van der Waals surface area contributed by atoms with E-state index in [1.165, 1.54) is 25.7 Å². The number of hydrogen-bond donors (Lipinski definition) is 1. The van der Waals surface area contributed by atoms with Crippen LogP contribution in [0.25, 0.3) is 0 Å². The Bertz CT molecular complexity index is 197. The summed E-state index contributed by atoms with van der Waals surface area (Å²) in [6, 6.07) is 0.679. The topological polar surface area (TPSA) is 32.3 Å². The van der Waals surface area contributed by atoms with Crippen LogP contribution in [0.3, 0.4) is 0 Å². The van der Waals surface area contributed by atoms with Crippen molar-refractivity contribution in [3.05, 3.63) is 0 Å². The summed E-state index contributed by atoms with van der Waals surface area (Å²) in [5, 5.41) is 2.87. The van der Waals surface area contributed by atoms with Gasteiger partial charge in [-0.3, -0.25) is 0 Å². The molecule has 2 aliphatic rings. The van der Waals surface area contributed by atoms with E-state index in [2.05, 4.69) is 12.2 Å². The molecule has 0 atom stereocenters. The summed E-state index contributed by atoms with van der Waals surface area (Å²) in [6.45, 7) is 4.06. The van der Waals surface area contributed by atoms with Crippen molar-refractivity contribution < 1.29 is 4.79 Å². The lowest BCUT2D eigenvalue weighted by atomic mass is 9.87. The largest absolute Gasteiger partial charge is 0.336 e. The molecule has 1 heterocycles. The molecule has 1 N–H and O–H groups in total. The molecule has 0 radical (unpaired) electrons. The second kappa shape index (κ2) is 3.56. The number of rotatable bonds is 1. The van der Waals surface area contributed by atoms with Crippen LogP contribution < -0.4 is 5.32 Å². The van der Waals surface area contributed by atoms with Crippen LogP contribution in [0.5, 0.6) is 0 Å². The molecule has 2 fully saturated rings. The van der Waals surface area contributed by atoms with Gasteiger partial charge in [-0.2, -0.15) is 0 Å². The van der Waals surface area contributed by atoms with Crippen molar-refractivity contribution in [2.24, 2.45) is 5.92 Å². The Kier molecular flexibility index (Phi) is 2.42. The summed E-state index contributed by atoms with van der Waals surface area (Å²) in [7, 11) is 0. The standard InChI is InChI=1S/C10H18N2O/c1-8-2-4-9(5-3-8)12-7-6-11-10(12)13/h8-9H,2-7H2,1H3,(H,11,13). The van der Waals surface area contributed by atoms with Crippen LogP contribution in [0.15, 0.2) is 0 Å². The number of amides is 2. The molecule has 0 aromatic carbocycles. The Morgan fingerprint density at radius 2 is 2.00 bits per heavy atom. The van der Waals surface area contributed by atoms with Gasteiger partial charge in [-0.05, 0) is 31.6 Å². The Labute approximate surface area is 79.5 Å². The van der Waals surface area contributed by atoms with E-state index in [1.54, 1.807) is 0 Å². The molecule has 0 bridgehead atoms. The number of urea groups is 1. The minimum absolute atomic E-state index is 0.152. The third-order valence-corrected chi connectivity index (χ3v) is 3.32.